The summed E-state index contributed by atoms with van der Waals surface area (Å²) < 4.78 is 0. The summed E-state index contributed by atoms with van der Waals surface area (Å²) >= 11 is 0. The zero-order valence-corrected chi connectivity index (χ0v) is 13.2. The van der Waals surface area contributed by atoms with E-state index in [2.05, 4.69) is 5.43 Å². The number of nitrogens with one attached hydrogen (secondary N) is 1. The third kappa shape index (κ3) is 3.64. The first-order valence-electron chi connectivity index (χ1n) is 7.61. The van der Waals surface area contributed by atoms with Crippen molar-refractivity contribution in [2.24, 2.45) is 0 Å². The van der Waals surface area contributed by atoms with Crippen LogP contribution in [0.15, 0.2) is 84.9 Å². The van der Waals surface area contributed by atoms with Crippen LogP contribution in [0.5, 0.6) is 0 Å². The number of rotatable bonds is 5. The third-order valence-electron chi connectivity index (χ3n) is 3.59. The summed E-state index contributed by atoms with van der Waals surface area (Å²) in [6, 6.07) is 24.4. The lowest BCUT2D eigenvalue weighted by molar-refractivity contribution is -0.385. The van der Waals surface area contributed by atoms with E-state index < -0.39 is 10.8 Å². The first-order chi connectivity index (χ1) is 12.2. The molecule has 0 spiro atoms. The summed E-state index contributed by atoms with van der Waals surface area (Å²) in [5, 5.41) is 12.8. The van der Waals surface area contributed by atoms with E-state index in [1.807, 2.05) is 60.7 Å². The molecule has 0 heterocycles. The van der Waals surface area contributed by atoms with Gasteiger partial charge >= 0.3 is 0 Å². The van der Waals surface area contributed by atoms with Crippen LogP contribution in [0.25, 0.3) is 0 Å². The summed E-state index contributed by atoms with van der Waals surface area (Å²) in [5.74, 6) is -0.556. The fraction of sp³-hybridized carbons (Fsp3) is 0. The molecule has 1 N–H and O–H groups in total. The van der Waals surface area contributed by atoms with Crippen molar-refractivity contribution in [2.45, 2.75) is 0 Å². The van der Waals surface area contributed by atoms with Crippen molar-refractivity contribution in [3.8, 4) is 0 Å². The van der Waals surface area contributed by atoms with Gasteiger partial charge in [-0.3, -0.25) is 25.3 Å². The van der Waals surface area contributed by atoms with E-state index in [4.69, 9.17) is 0 Å². The molecule has 124 valence electrons. The van der Waals surface area contributed by atoms with Crippen LogP contribution in [0.1, 0.15) is 10.4 Å². The highest BCUT2D eigenvalue weighted by Gasteiger charge is 2.21. The topological polar surface area (TPSA) is 75.5 Å². The molecule has 0 unspecified atom stereocenters. The Balaban J connectivity index is 1.97. The van der Waals surface area contributed by atoms with Gasteiger partial charge in [0.15, 0.2) is 0 Å². The molecule has 0 bridgehead atoms. The van der Waals surface area contributed by atoms with Gasteiger partial charge in [-0.05, 0) is 30.3 Å². The smallest absolute Gasteiger partial charge is 0.267 e. The summed E-state index contributed by atoms with van der Waals surface area (Å²) in [5.41, 5.74) is 3.99. The molecule has 0 fully saturated rings. The summed E-state index contributed by atoms with van der Waals surface area (Å²) in [6.07, 6.45) is 0. The molecule has 0 aliphatic rings. The maximum Gasteiger partial charge on any atom is 0.282 e. The van der Waals surface area contributed by atoms with Gasteiger partial charge in [0, 0.05) is 6.07 Å². The van der Waals surface area contributed by atoms with Gasteiger partial charge in [-0.25, -0.2) is 0 Å². The van der Waals surface area contributed by atoms with Gasteiger partial charge in [0.05, 0.1) is 16.3 Å². The Morgan fingerprint density at radius 1 is 0.800 bits per heavy atom. The van der Waals surface area contributed by atoms with Crippen molar-refractivity contribution in [1.29, 1.82) is 0 Å². The van der Waals surface area contributed by atoms with Crippen molar-refractivity contribution in [3.63, 3.8) is 0 Å². The molecule has 0 radical (unpaired) electrons. The van der Waals surface area contributed by atoms with E-state index in [9.17, 15) is 14.9 Å². The number of nitro groups is 1. The second kappa shape index (κ2) is 7.27. The Morgan fingerprint density at radius 3 is 1.80 bits per heavy atom. The predicted molar refractivity (Wildman–Crippen MR) is 95.6 cm³/mol. The molecule has 25 heavy (non-hydrogen) atoms. The van der Waals surface area contributed by atoms with Gasteiger partial charge in [0.1, 0.15) is 5.56 Å². The monoisotopic (exact) mass is 333 g/mol. The molecule has 0 saturated carbocycles. The summed E-state index contributed by atoms with van der Waals surface area (Å²) in [4.78, 5) is 23.3. The van der Waals surface area contributed by atoms with Gasteiger partial charge in [-0.1, -0.05) is 48.5 Å². The van der Waals surface area contributed by atoms with Gasteiger partial charge in [0.2, 0.25) is 0 Å². The van der Waals surface area contributed by atoms with Crippen LogP contribution < -0.4 is 10.4 Å². The number of nitro benzene ring substituents is 1. The lowest BCUT2D eigenvalue weighted by Crippen LogP contribution is -2.39. The van der Waals surface area contributed by atoms with E-state index in [0.29, 0.717) is 0 Å². The average Bonchev–Trinajstić information content (AvgIpc) is 2.67. The molecule has 0 saturated heterocycles. The Hall–Kier alpha value is -3.67. The minimum Gasteiger partial charge on any atom is -0.267 e. The van der Waals surface area contributed by atoms with E-state index in [0.717, 1.165) is 11.4 Å². The van der Waals surface area contributed by atoms with Gasteiger partial charge in [-0.15, -0.1) is 0 Å². The van der Waals surface area contributed by atoms with Gasteiger partial charge in [0.25, 0.3) is 11.6 Å². The molecule has 0 aliphatic carbocycles. The summed E-state index contributed by atoms with van der Waals surface area (Å²) in [7, 11) is 0. The lowest BCUT2D eigenvalue weighted by Gasteiger charge is -2.25. The molecule has 3 aromatic carbocycles. The number of anilines is 2. The van der Waals surface area contributed by atoms with Crippen molar-refractivity contribution in [2.75, 3.05) is 5.01 Å². The maximum absolute atomic E-state index is 12.7. The number of hydrazine groups is 1. The zero-order chi connectivity index (χ0) is 17.6. The largest absolute Gasteiger partial charge is 0.282 e. The second-order valence-corrected chi connectivity index (χ2v) is 5.22. The number of carbonyl (C=O) groups is 1. The first kappa shape index (κ1) is 16.2. The van der Waals surface area contributed by atoms with Crippen LogP contribution >= 0.6 is 0 Å². The van der Waals surface area contributed by atoms with Gasteiger partial charge < -0.3 is 0 Å². The van der Waals surface area contributed by atoms with Crippen molar-refractivity contribution < 1.29 is 9.72 Å². The third-order valence-corrected chi connectivity index (χ3v) is 3.59. The van der Waals surface area contributed by atoms with Crippen molar-refractivity contribution in [3.05, 3.63) is 101 Å². The van der Waals surface area contributed by atoms with Crippen LogP contribution in [0.2, 0.25) is 0 Å². The number of benzene rings is 3. The standard InChI is InChI=1S/C19H15N3O3/c23-19(17-13-7-8-14-18(17)22(24)25)20-21(15-9-3-1-4-10-15)16-11-5-2-6-12-16/h1-14H,(H,20,23). The number of hydrogen-bond acceptors (Lipinski definition) is 4. The molecule has 6 nitrogen and oxygen atoms in total. The molecule has 0 aromatic heterocycles. The van der Waals surface area contributed by atoms with Crippen molar-refractivity contribution >= 4 is 23.0 Å². The van der Waals surface area contributed by atoms with Crippen LogP contribution in [0.3, 0.4) is 0 Å². The molecule has 0 atom stereocenters. The average molecular weight is 333 g/mol. The fourth-order valence-electron chi connectivity index (χ4n) is 2.42. The van der Waals surface area contributed by atoms with E-state index in [1.165, 1.54) is 18.2 Å². The van der Waals surface area contributed by atoms with Crippen LogP contribution in [-0.4, -0.2) is 10.8 Å². The number of hydrogen-bond donors (Lipinski definition) is 1. The number of nitrogens with zero attached hydrogens (tertiary/aromatic N) is 2. The highest BCUT2D eigenvalue weighted by atomic mass is 16.6. The number of amides is 1. The van der Waals surface area contributed by atoms with E-state index >= 15 is 0 Å². The minimum absolute atomic E-state index is 0.00404. The van der Waals surface area contributed by atoms with Crippen LogP contribution in [-0.2, 0) is 0 Å². The Kier molecular flexibility index (Phi) is 4.71. The Morgan fingerprint density at radius 2 is 1.28 bits per heavy atom. The van der Waals surface area contributed by atoms with Gasteiger partial charge in [-0.2, -0.15) is 0 Å². The van der Waals surface area contributed by atoms with E-state index in [1.54, 1.807) is 11.1 Å². The summed E-state index contributed by atoms with van der Waals surface area (Å²) in [6.45, 7) is 0. The van der Waals surface area contributed by atoms with Crippen LogP contribution in [0.4, 0.5) is 17.1 Å². The highest BCUT2D eigenvalue weighted by molar-refractivity contribution is 5.99. The molecular formula is C19H15N3O3. The molecule has 3 aromatic rings. The molecule has 6 heteroatoms. The highest BCUT2D eigenvalue weighted by Crippen LogP contribution is 2.24. The van der Waals surface area contributed by atoms with E-state index in [-0.39, 0.29) is 11.3 Å². The Labute approximate surface area is 144 Å². The maximum atomic E-state index is 12.7. The molecule has 1 amide bonds. The Bertz CT molecular complexity index is 843. The first-order valence-corrected chi connectivity index (χ1v) is 7.61. The molecular weight excluding hydrogens is 318 g/mol. The number of carbonyl (C=O) groups excluding carboxylic acids is 1. The van der Waals surface area contributed by atoms with Crippen molar-refractivity contribution in [1.82, 2.24) is 5.43 Å². The zero-order valence-electron chi connectivity index (χ0n) is 13.2. The lowest BCUT2D eigenvalue weighted by atomic mass is 10.1. The predicted octanol–water partition coefficient (Wildman–Crippen LogP) is 4.08. The fourth-order valence-corrected chi connectivity index (χ4v) is 2.42. The number of para-hydroxylation sites is 3. The van der Waals surface area contributed by atoms with Crippen LogP contribution in [0, 0.1) is 10.1 Å². The molecule has 3 rings (SSSR count). The second-order valence-electron chi connectivity index (χ2n) is 5.22. The SMILES string of the molecule is O=C(NN(c1ccccc1)c1ccccc1)c1ccccc1[N+](=O)[O-]. The quantitative estimate of drug-likeness (QED) is 0.564. The minimum atomic E-state index is -0.565. The normalized spacial score (nSPS) is 10.1. The molecule has 0 aliphatic heterocycles.